The smallest absolute Gasteiger partial charge is 0.305 e. The number of Topliss-reactive ketones (excluding diaryl/α,β-unsaturated/α-hetero) is 1. The van der Waals surface area contributed by atoms with Gasteiger partial charge in [-0.05, 0) is 18.9 Å². The van der Waals surface area contributed by atoms with E-state index in [1.54, 1.807) is 6.07 Å². The molecular formula is C13H14N4O3. The van der Waals surface area contributed by atoms with Gasteiger partial charge in [0.2, 0.25) is 5.69 Å². The Morgan fingerprint density at radius 1 is 1.45 bits per heavy atom. The molecule has 20 heavy (non-hydrogen) atoms. The summed E-state index contributed by atoms with van der Waals surface area (Å²) in [6.07, 6.45) is 2.59. The zero-order valence-corrected chi connectivity index (χ0v) is 11.1. The van der Waals surface area contributed by atoms with Crippen molar-refractivity contribution in [3.05, 3.63) is 27.9 Å². The maximum absolute atomic E-state index is 11.2. The summed E-state index contributed by atoms with van der Waals surface area (Å²) < 4.78 is 0. The van der Waals surface area contributed by atoms with E-state index in [-0.39, 0.29) is 23.2 Å². The monoisotopic (exact) mass is 274 g/mol. The lowest BCUT2D eigenvalue weighted by Gasteiger charge is -2.31. The number of nitriles is 1. The molecule has 1 heterocycles. The number of carbonyl (C=O) groups excluding carboxylic acids is 1. The van der Waals surface area contributed by atoms with Crippen molar-refractivity contribution in [3.63, 3.8) is 0 Å². The highest BCUT2D eigenvalue weighted by molar-refractivity contribution is 5.79. The average Bonchev–Trinajstić information content (AvgIpc) is 2.46. The molecule has 1 aromatic rings. The van der Waals surface area contributed by atoms with Crippen LogP contribution in [0.25, 0.3) is 0 Å². The van der Waals surface area contributed by atoms with E-state index in [0.717, 1.165) is 12.8 Å². The zero-order valence-electron chi connectivity index (χ0n) is 11.1. The molecule has 0 spiro atoms. The first-order chi connectivity index (χ1) is 9.52. The highest BCUT2D eigenvalue weighted by Gasteiger charge is 2.24. The SMILES string of the molecule is CN(c1ccc([N+](=O)[O-])c(C#N)n1)C1CCC(=O)CC1. The van der Waals surface area contributed by atoms with E-state index in [1.165, 1.54) is 12.1 Å². The third-order valence-electron chi connectivity index (χ3n) is 3.58. The van der Waals surface area contributed by atoms with E-state index in [2.05, 4.69) is 4.98 Å². The molecule has 1 aliphatic carbocycles. The molecule has 0 radical (unpaired) electrons. The minimum absolute atomic E-state index is 0.174. The Hall–Kier alpha value is -2.49. The molecule has 0 unspecified atom stereocenters. The van der Waals surface area contributed by atoms with Crippen LogP contribution in [0.3, 0.4) is 0 Å². The van der Waals surface area contributed by atoms with Gasteiger partial charge in [-0.2, -0.15) is 5.26 Å². The Bertz CT molecular complexity index is 584. The molecular weight excluding hydrogens is 260 g/mol. The van der Waals surface area contributed by atoms with E-state index >= 15 is 0 Å². The van der Waals surface area contributed by atoms with Crippen LogP contribution in [0.15, 0.2) is 12.1 Å². The molecule has 7 heteroatoms. The van der Waals surface area contributed by atoms with Crippen LogP contribution >= 0.6 is 0 Å². The lowest BCUT2D eigenvalue weighted by Crippen LogP contribution is -2.35. The van der Waals surface area contributed by atoms with Crippen LogP contribution in [0.1, 0.15) is 31.4 Å². The summed E-state index contributed by atoms with van der Waals surface area (Å²) in [7, 11) is 1.83. The molecule has 7 nitrogen and oxygen atoms in total. The minimum atomic E-state index is -0.616. The number of pyridine rings is 1. The van der Waals surface area contributed by atoms with E-state index in [1.807, 2.05) is 11.9 Å². The normalized spacial score (nSPS) is 15.7. The van der Waals surface area contributed by atoms with E-state index in [0.29, 0.717) is 18.7 Å². The van der Waals surface area contributed by atoms with Crippen molar-refractivity contribution in [2.75, 3.05) is 11.9 Å². The van der Waals surface area contributed by atoms with Crippen LogP contribution in [-0.2, 0) is 4.79 Å². The van der Waals surface area contributed by atoms with Gasteiger partial charge in [-0.25, -0.2) is 4.98 Å². The summed E-state index contributed by atoms with van der Waals surface area (Å²) in [4.78, 5) is 27.3. The first kappa shape index (κ1) is 13.9. The predicted octanol–water partition coefficient (Wildman–Crippen LogP) is 1.81. The average molecular weight is 274 g/mol. The van der Waals surface area contributed by atoms with Gasteiger partial charge in [0.05, 0.1) is 4.92 Å². The first-order valence-corrected chi connectivity index (χ1v) is 6.33. The Morgan fingerprint density at radius 2 is 2.10 bits per heavy atom. The third kappa shape index (κ3) is 2.74. The van der Waals surface area contributed by atoms with Crippen molar-refractivity contribution < 1.29 is 9.72 Å². The van der Waals surface area contributed by atoms with E-state index < -0.39 is 4.92 Å². The largest absolute Gasteiger partial charge is 0.357 e. The van der Waals surface area contributed by atoms with Gasteiger partial charge in [-0.3, -0.25) is 14.9 Å². The highest BCUT2D eigenvalue weighted by Crippen LogP contribution is 2.26. The molecule has 1 aliphatic rings. The molecule has 0 saturated heterocycles. The number of carbonyl (C=O) groups is 1. The number of nitrogens with zero attached hydrogens (tertiary/aromatic N) is 4. The van der Waals surface area contributed by atoms with Gasteiger partial charge in [0, 0.05) is 32.0 Å². The molecule has 2 rings (SSSR count). The van der Waals surface area contributed by atoms with Crippen LogP contribution in [0.4, 0.5) is 11.5 Å². The number of anilines is 1. The molecule has 0 N–H and O–H groups in total. The summed E-state index contributed by atoms with van der Waals surface area (Å²) in [5, 5.41) is 19.7. The number of ketones is 1. The third-order valence-corrected chi connectivity index (χ3v) is 3.58. The molecule has 1 aromatic heterocycles. The lowest BCUT2D eigenvalue weighted by atomic mass is 9.93. The van der Waals surface area contributed by atoms with Crippen molar-refractivity contribution in [3.8, 4) is 6.07 Å². The molecule has 1 saturated carbocycles. The molecule has 0 aliphatic heterocycles. The number of hydrogen-bond acceptors (Lipinski definition) is 6. The molecule has 0 amide bonds. The molecule has 0 bridgehead atoms. The van der Waals surface area contributed by atoms with Gasteiger partial charge >= 0.3 is 5.69 Å². The Labute approximate surface area is 116 Å². The van der Waals surface area contributed by atoms with Crippen molar-refractivity contribution >= 4 is 17.3 Å². The fraction of sp³-hybridized carbons (Fsp3) is 0.462. The molecule has 0 aromatic carbocycles. The van der Waals surface area contributed by atoms with E-state index in [4.69, 9.17) is 5.26 Å². The van der Waals surface area contributed by atoms with Gasteiger partial charge < -0.3 is 4.90 Å². The number of rotatable bonds is 3. The van der Waals surface area contributed by atoms with Crippen LogP contribution < -0.4 is 4.90 Å². The molecule has 1 fully saturated rings. The Kier molecular flexibility index (Phi) is 3.94. The molecule has 0 atom stereocenters. The predicted molar refractivity (Wildman–Crippen MR) is 71.3 cm³/mol. The fourth-order valence-electron chi connectivity index (χ4n) is 2.37. The van der Waals surface area contributed by atoms with Crippen molar-refractivity contribution in [2.24, 2.45) is 0 Å². The van der Waals surface area contributed by atoms with Crippen molar-refractivity contribution in [1.29, 1.82) is 5.26 Å². The first-order valence-electron chi connectivity index (χ1n) is 6.33. The number of aromatic nitrogens is 1. The second-order valence-electron chi connectivity index (χ2n) is 4.79. The maximum atomic E-state index is 11.2. The second kappa shape index (κ2) is 5.65. The van der Waals surface area contributed by atoms with Crippen LogP contribution in [-0.4, -0.2) is 28.8 Å². The molecule has 104 valence electrons. The number of nitro groups is 1. The quantitative estimate of drug-likeness (QED) is 0.615. The topological polar surface area (TPSA) is 100 Å². The summed E-state index contributed by atoms with van der Waals surface area (Å²) in [6.45, 7) is 0. The van der Waals surface area contributed by atoms with Crippen molar-refractivity contribution in [1.82, 2.24) is 4.98 Å². The Balaban J connectivity index is 2.22. The van der Waals surface area contributed by atoms with Crippen molar-refractivity contribution in [2.45, 2.75) is 31.7 Å². The van der Waals surface area contributed by atoms with Crippen LogP contribution in [0, 0.1) is 21.4 Å². The second-order valence-corrected chi connectivity index (χ2v) is 4.79. The van der Waals surface area contributed by atoms with Gasteiger partial charge in [-0.1, -0.05) is 0 Å². The van der Waals surface area contributed by atoms with Gasteiger partial charge in [0.25, 0.3) is 0 Å². The summed E-state index contributed by atoms with van der Waals surface area (Å²) in [5.41, 5.74) is -0.477. The van der Waals surface area contributed by atoms with Crippen LogP contribution in [0.2, 0.25) is 0 Å². The number of hydrogen-bond donors (Lipinski definition) is 0. The summed E-state index contributed by atoms with van der Waals surface area (Å²) in [6, 6.07) is 4.76. The van der Waals surface area contributed by atoms with Gasteiger partial charge in [0.15, 0.2) is 0 Å². The Morgan fingerprint density at radius 3 is 2.65 bits per heavy atom. The lowest BCUT2D eigenvalue weighted by molar-refractivity contribution is -0.385. The standard InChI is InChI=1S/C13H14N4O3/c1-16(9-2-4-10(18)5-3-9)13-7-6-12(17(19)20)11(8-14)15-13/h6-7,9H,2-5H2,1H3. The zero-order chi connectivity index (χ0) is 14.7. The summed E-state index contributed by atoms with van der Waals surface area (Å²) in [5.74, 6) is 0.788. The minimum Gasteiger partial charge on any atom is -0.357 e. The van der Waals surface area contributed by atoms with Crippen LogP contribution in [0.5, 0.6) is 0 Å². The maximum Gasteiger partial charge on any atom is 0.305 e. The highest BCUT2D eigenvalue weighted by atomic mass is 16.6. The fourth-order valence-corrected chi connectivity index (χ4v) is 2.37. The summed E-state index contributed by atoms with van der Waals surface area (Å²) >= 11 is 0. The van der Waals surface area contributed by atoms with Gasteiger partial charge in [-0.15, -0.1) is 0 Å². The van der Waals surface area contributed by atoms with Gasteiger partial charge in [0.1, 0.15) is 17.7 Å². The van der Waals surface area contributed by atoms with E-state index in [9.17, 15) is 14.9 Å².